The summed E-state index contributed by atoms with van der Waals surface area (Å²) in [5.41, 5.74) is 0. The fraction of sp³-hybridized carbons (Fsp3) is 0.778. The highest BCUT2D eigenvalue weighted by Crippen LogP contribution is 1.94. The third-order valence-corrected chi connectivity index (χ3v) is 1.82. The number of aliphatic carboxylic acids is 1. The zero-order chi connectivity index (χ0) is 11.0. The molecule has 0 aromatic carbocycles. The molecule has 2 N–H and O–H groups in total. The summed E-state index contributed by atoms with van der Waals surface area (Å²) in [6.45, 7) is 2.34. The van der Waals surface area contributed by atoms with Crippen LogP contribution in [0.15, 0.2) is 0 Å². The van der Waals surface area contributed by atoms with Gasteiger partial charge < -0.3 is 15.2 Å². The Morgan fingerprint density at radius 2 is 2.07 bits per heavy atom. The molecule has 5 heteroatoms. The van der Waals surface area contributed by atoms with E-state index < -0.39 is 5.97 Å². The van der Waals surface area contributed by atoms with E-state index in [0.717, 1.165) is 6.42 Å². The maximum atomic E-state index is 10.9. The molecule has 0 aliphatic rings. The number of esters is 1. The Kier molecular flexibility index (Phi) is 6.74. The molecule has 0 aliphatic heterocycles. The Hall–Kier alpha value is -1.10. The molecule has 0 saturated heterocycles. The molecule has 0 aromatic rings. The van der Waals surface area contributed by atoms with Gasteiger partial charge in [-0.25, -0.2) is 0 Å². The van der Waals surface area contributed by atoms with Gasteiger partial charge in [0.15, 0.2) is 0 Å². The second-order valence-corrected chi connectivity index (χ2v) is 3.05. The van der Waals surface area contributed by atoms with Crippen LogP contribution in [0.3, 0.4) is 0 Å². The molecule has 0 bridgehead atoms. The molecule has 1 unspecified atom stereocenters. The normalized spacial score (nSPS) is 12.1. The van der Waals surface area contributed by atoms with E-state index in [1.54, 1.807) is 6.92 Å². The van der Waals surface area contributed by atoms with Gasteiger partial charge in [-0.15, -0.1) is 0 Å². The Bertz CT molecular complexity index is 193. The first-order valence-electron chi connectivity index (χ1n) is 4.61. The fourth-order valence-corrected chi connectivity index (χ4v) is 0.980. The predicted molar refractivity (Wildman–Crippen MR) is 51.0 cm³/mol. The van der Waals surface area contributed by atoms with Gasteiger partial charge in [0.25, 0.3) is 0 Å². The minimum Gasteiger partial charge on any atom is -0.481 e. The first-order chi connectivity index (χ1) is 6.57. The van der Waals surface area contributed by atoms with Crippen LogP contribution < -0.4 is 5.32 Å². The van der Waals surface area contributed by atoms with Gasteiger partial charge in [-0.1, -0.05) is 0 Å². The molecule has 0 radical (unpaired) electrons. The van der Waals surface area contributed by atoms with Crippen molar-refractivity contribution in [3.05, 3.63) is 0 Å². The first-order valence-corrected chi connectivity index (χ1v) is 4.61. The number of carboxylic acid groups (broad SMARTS) is 1. The molecule has 0 spiro atoms. The summed E-state index contributed by atoms with van der Waals surface area (Å²) in [5.74, 6) is -1.09. The van der Waals surface area contributed by atoms with Crippen molar-refractivity contribution in [1.29, 1.82) is 0 Å². The van der Waals surface area contributed by atoms with Crippen molar-refractivity contribution >= 4 is 11.9 Å². The minimum absolute atomic E-state index is 0.175. The highest BCUT2D eigenvalue weighted by Gasteiger charge is 2.10. The number of hydrogen-bond acceptors (Lipinski definition) is 4. The summed E-state index contributed by atoms with van der Waals surface area (Å²) in [5, 5.41) is 11.3. The highest BCUT2D eigenvalue weighted by atomic mass is 16.5. The van der Waals surface area contributed by atoms with Crippen molar-refractivity contribution in [3.8, 4) is 0 Å². The van der Waals surface area contributed by atoms with E-state index in [1.807, 2.05) is 0 Å². The van der Waals surface area contributed by atoms with Crippen molar-refractivity contribution in [3.63, 3.8) is 0 Å². The maximum absolute atomic E-state index is 10.9. The number of carbonyl (C=O) groups is 2. The fourth-order valence-electron chi connectivity index (χ4n) is 0.980. The number of ether oxygens (including phenoxy) is 1. The van der Waals surface area contributed by atoms with Crippen LogP contribution in [0.1, 0.15) is 26.2 Å². The zero-order valence-corrected chi connectivity index (χ0v) is 8.58. The van der Waals surface area contributed by atoms with E-state index in [4.69, 9.17) is 5.11 Å². The van der Waals surface area contributed by atoms with Crippen LogP contribution in [-0.4, -0.2) is 36.7 Å². The first kappa shape index (κ1) is 12.9. The van der Waals surface area contributed by atoms with Crippen LogP contribution in [0.2, 0.25) is 0 Å². The van der Waals surface area contributed by atoms with Crippen molar-refractivity contribution < 1.29 is 19.4 Å². The molecule has 0 aliphatic carbocycles. The van der Waals surface area contributed by atoms with E-state index in [0.29, 0.717) is 13.0 Å². The summed E-state index contributed by atoms with van der Waals surface area (Å²) < 4.78 is 4.51. The smallest absolute Gasteiger partial charge is 0.322 e. The van der Waals surface area contributed by atoms with Gasteiger partial charge in [0, 0.05) is 6.42 Å². The van der Waals surface area contributed by atoms with Crippen LogP contribution in [0.4, 0.5) is 0 Å². The number of carboxylic acids is 1. The van der Waals surface area contributed by atoms with Crippen LogP contribution >= 0.6 is 0 Å². The Labute approximate surface area is 83.4 Å². The number of unbranched alkanes of at least 4 members (excludes halogenated alkanes) is 1. The largest absolute Gasteiger partial charge is 0.481 e. The summed E-state index contributed by atoms with van der Waals surface area (Å²) in [4.78, 5) is 21.1. The second-order valence-electron chi connectivity index (χ2n) is 3.05. The van der Waals surface area contributed by atoms with E-state index in [1.165, 1.54) is 7.11 Å². The molecule has 14 heavy (non-hydrogen) atoms. The lowest BCUT2D eigenvalue weighted by Gasteiger charge is -2.10. The van der Waals surface area contributed by atoms with Crippen LogP contribution in [0, 0.1) is 0 Å². The molecular weight excluding hydrogens is 186 g/mol. The third-order valence-electron chi connectivity index (χ3n) is 1.82. The van der Waals surface area contributed by atoms with Gasteiger partial charge in [-0.3, -0.25) is 9.59 Å². The lowest BCUT2D eigenvalue weighted by atomic mass is 10.2. The van der Waals surface area contributed by atoms with Gasteiger partial charge in [0.2, 0.25) is 0 Å². The van der Waals surface area contributed by atoms with Gasteiger partial charge in [0.1, 0.15) is 6.04 Å². The maximum Gasteiger partial charge on any atom is 0.322 e. The van der Waals surface area contributed by atoms with Crippen molar-refractivity contribution in [1.82, 2.24) is 5.32 Å². The molecule has 1 atom stereocenters. The number of carbonyl (C=O) groups excluding carboxylic acids is 1. The van der Waals surface area contributed by atoms with Crippen molar-refractivity contribution in [2.24, 2.45) is 0 Å². The SMILES string of the molecule is COC(=O)C(C)NCCCCC(=O)O. The van der Waals surface area contributed by atoms with Gasteiger partial charge in [0.05, 0.1) is 7.11 Å². The molecular formula is C9H17NO4. The van der Waals surface area contributed by atoms with E-state index >= 15 is 0 Å². The molecule has 0 saturated carbocycles. The monoisotopic (exact) mass is 203 g/mol. The quantitative estimate of drug-likeness (QED) is 0.462. The van der Waals surface area contributed by atoms with E-state index in [9.17, 15) is 9.59 Å². The van der Waals surface area contributed by atoms with Crippen molar-refractivity contribution in [2.75, 3.05) is 13.7 Å². The van der Waals surface area contributed by atoms with Gasteiger partial charge in [-0.05, 0) is 26.3 Å². The minimum atomic E-state index is -0.786. The van der Waals surface area contributed by atoms with Crippen LogP contribution in [-0.2, 0) is 14.3 Å². The lowest BCUT2D eigenvalue weighted by Crippen LogP contribution is -2.35. The number of methoxy groups -OCH3 is 1. The summed E-state index contributed by atoms with van der Waals surface area (Å²) in [6.07, 6.45) is 1.54. The molecule has 0 aromatic heterocycles. The third kappa shape index (κ3) is 6.42. The number of nitrogens with one attached hydrogen (secondary N) is 1. The highest BCUT2D eigenvalue weighted by molar-refractivity contribution is 5.75. The Morgan fingerprint density at radius 3 is 2.57 bits per heavy atom. The summed E-state index contributed by atoms with van der Waals surface area (Å²) in [7, 11) is 1.34. The van der Waals surface area contributed by atoms with E-state index in [-0.39, 0.29) is 18.4 Å². The standard InChI is InChI=1S/C9H17NO4/c1-7(9(13)14-2)10-6-4-3-5-8(11)12/h7,10H,3-6H2,1-2H3,(H,11,12). The van der Waals surface area contributed by atoms with Crippen molar-refractivity contribution in [2.45, 2.75) is 32.2 Å². The number of rotatable bonds is 7. The second kappa shape index (κ2) is 7.32. The summed E-state index contributed by atoms with van der Waals surface area (Å²) in [6, 6.07) is -0.329. The Balaban J connectivity index is 3.36. The molecule has 82 valence electrons. The molecule has 0 fully saturated rings. The lowest BCUT2D eigenvalue weighted by molar-refractivity contribution is -0.142. The van der Waals surface area contributed by atoms with Gasteiger partial charge in [-0.2, -0.15) is 0 Å². The zero-order valence-electron chi connectivity index (χ0n) is 8.58. The average molecular weight is 203 g/mol. The Morgan fingerprint density at radius 1 is 1.43 bits per heavy atom. The van der Waals surface area contributed by atoms with E-state index in [2.05, 4.69) is 10.1 Å². The average Bonchev–Trinajstić information content (AvgIpc) is 2.15. The summed E-state index contributed by atoms with van der Waals surface area (Å²) >= 11 is 0. The van der Waals surface area contributed by atoms with Crippen LogP contribution in [0.5, 0.6) is 0 Å². The molecule has 0 heterocycles. The molecule has 0 rings (SSSR count). The van der Waals surface area contributed by atoms with Crippen LogP contribution in [0.25, 0.3) is 0 Å². The molecule has 5 nitrogen and oxygen atoms in total. The topological polar surface area (TPSA) is 75.6 Å². The number of hydrogen-bond donors (Lipinski definition) is 2. The molecule has 0 amide bonds. The van der Waals surface area contributed by atoms with Gasteiger partial charge >= 0.3 is 11.9 Å². The predicted octanol–water partition coefficient (Wildman–Crippen LogP) is 0.392.